The van der Waals surface area contributed by atoms with E-state index in [1.165, 1.54) is 24.4 Å². The van der Waals surface area contributed by atoms with Crippen LogP contribution in [0.3, 0.4) is 0 Å². The molecule has 0 unspecified atom stereocenters. The molecule has 31 heavy (non-hydrogen) atoms. The zero-order valence-electron chi connectivity index (χ0n) is 16.2. The Morgan fingerprint density at radius 1 is 1.06 bits per heavy atom. The second kappa shape index (κ2) is 7.85. The summed E-state index contributed by atoms with van der Waals surface area (Å²) in [6.45, 7) is 0.567. The van der Waals surface area contributed by atoms with Gasteiger partial charge in [0.05, 0.1) is 34.6 Å². The molecule has 3 heterocycles. The summed E-state index contributed by atoms with van der Waals surface area (Å²) in [7, 11) is 0. The molecule has 1 aliphatic carbocycles. The van der Waals surface area contributed by atoms with Crippen LogP contribution in [0, 0.1) is 17.6 Å². The molecule has 0 radical (unpaired) electrons. The normalized spacial score (nSPS) is 22.0. The maximum atomic E-state index is 14.7. The van der Waals surface area contributed by atoms with Gasteiger partial charge in [0.1, 0.15) is 11.9 Å². The third-order valence-corrected chi connectivity index (χ3v) is 5.97. The number of carbonyl (C=O) groups excluding carboxylic acids is 1. The van der Waals surface area contributed by atoms with Crippen LogP contribution in [0.4, 0.5) is 8.78 Å². The van der Waals surface area contributed by atoms with E-state index >= 15 is 0 Å². The Hall–Kier alpha value is -3.13. The average molecular weight is 443 g/mol. The molecule has 9 heteroatoms. The number of nitrogens with zero attached hydrogens (tertiary/aromatic N) is 4. The van der Waals surface area contributed by atoms with Crippen molar-refractivity contribution in [2.75, 3.05) is 6.54 Å². The minimum Gasteiger partial charge on any atom is -0.472 e. The van der Waals surface area contributed by atoms with Gasteiger partial charge in [-0.1, -0.05) is 17.7 Å². The van der Waals surface area contributed by atoms with E-state index in [0.29, 0.717) is 23.4 Å². The number of amides is 1. The maximum Gasteiger partial charge on any atom is 0.255 e. The number of piperidine rings is 1. The number of halogens is 3. The van der Waals surface area contributed by atoms with Gasteiger partial charge in [0.25, 0.3) is 5.91 Å². The highest BCUT2D eigenvalue weighted by atomic mass is 35.5. The standard InChI is InChI=1S/C22H17ClF2N4O2/c23-13-4-5-19(26-8-13)31-18-7-12-6-17(18)29(11-12)22(30)15-2-1-3-16(25)20(15)21-27-9-14(24)10-28-21/h1-5,8-10,12,17-18H,6-7,11H2/t12-,17+,18-/m1/s1. The van der Waals surface area contributed by atoms with Crippen LogP contribution < -0.4 is 4.74 Å². The number of likely N-dealkylation sites (tertiary alicyclic amines) is 1. The van der Waals surface area contributed by atoms with E-state index in [9.17, 15) is 13.6 Å². The predicted molar refractivity (Wildman–Crippen MR) is 109 cm³/mol. The zero-order chi connectivity index (χ0) is 21.5. The SMILES string of the molecule is O=C(c1cccc(F)c1-c1ncc(F)cn1)N1C[C@H]2C[C@@H](Oc3ccc(Cl)cn3)[C@@H]1C2. The van der Waals surface area contributed by atoms with E-state index in [4.69, 9.17) is 16.3 Å². The molecule has 2 fully saturated rings. The summed E-state index contributed by atoms with van der Waals surface area (Å²) in [5.41, 5.74) is 0.106. The summed E-state index contributed by atoms with van der Waals surface area (Å²) in [5, 5.41) is 0.513. The Kier molecular flexibility index (Phi) is 5.02. The Morgan fingerprint density at radius 2 is 1.87 bits per heavy atom. The average Bonchev–Trinajstić information content (AvgIpc) is 3.36. The van der Waals surface area contributed by atoms with Crippen LogP contribution in [0.1, 0.15) is 23.2 Å². The fourth-order valence-electron chi connectivity index (χ4n) is 4.44. The summed E-state index contributed by atoms with van der Waals surface area (Å²) in [5.74, 6) is -0.899. The van der Waals surface area contributed by atoms with E-state index in [-0.39, 0.29) is 35.0 Å². The van der Waals surface area contributed by atoms with Crippen molar-refractivity contribution in [3.05, 3.63) is 71.1 Å². The molecule has 3 atom stereocenters. The second-order valence-electron chi connectivity index (χ2n) is 7.72. The summed E-state index contributed by atoms with van der Waals surface area (Å²) >= 11 is 5.88. The molecule has 1 aliphatic heterocycles. The van der Waals surface area contributed by atoms with Crippen molar-refractivity contribution in [1.82, 2.24) is 19.9 Å². The van der Waals surface area contributed by atoms with Gasteiger partial charge in [-0.2, -0.15) is 0 Å². The van der Waals surface area contributed by atoms with Crippen LogP contribution in [-0.4, -0.2) is 44.4 Å². The van der Waals surface area contributed by atoms with Gasteiger partial charge in [-0.3, -0.25) is 4.79 Å². The highest BCUT2D eigenvalue weighted by Crippen LogP contribution is 2.41. The summed E-state index contributed by atoms with van der Waals surface area (Å²) in [4.78, 5) is 27.1. The first-order valence-corrected chi connectivity index (χ1v) is 10.2. The molecule has 2 aromatic heterocycles. The quantitative estimate of drug-likeness (QED) is 0.607. The number of fused-ring (bicyclic) bond motifs is 2. The van der Waals surface area contributed by atoms with Gasteiger partial charge in [-0.25, -0.2) is 23.7 Å². The molecular weight excluding hydrogens is 426 g/mol. The van der Waals surface area contributed by atoms with Crippen molar-refractivity contribution in [3.63, 3.8) is 0 Å². The molecule has 2 aliphatic rings. The molecule has 1 saturated heterocycles. The fraction of sp³-hybridized carbons (Fsp3) is 0.273. The highest BCUT2D eigenvalue weighted by molar-refractivity contribution is 6.30. The van der Waals surface area contributed by atoms with Crippen LogP contribution >= 0.6 is 11.6 Å². The molecule has 6 nitrogen and oxygen atoms in total. The third-order valence-electron chi connectivity index (χ3n) is 5.75. The van der Waals surface area contributed by atoms with Crippen LogP contribution in [0.25, 0.3) is 11.4 Å². The minimum absolute atomic E-state index is 0.0351. The Balaban J connectivity index is 1.42. The number of hydrogen-bond acceptors (Lipinski definition) is 5. The molecule has 1 aromatic carbocycles. The fourth-order valence-corrected chi connectivity index (χ4v) is 4.55. The van der Waals surface area contributed by atoms with E-state index in [2.05, 4.69) is 15.0 Å². The smallest absolute Gasteiger partial charge is 0.255 e. The Morgan fingerprint density at radius 3 is 2.58 bits per heavy atom. The summed E-state index contributed by atoms with van der Waals surface area (Å²) in [6.07, 6.45) is 4.82. The van der Waals surface area contributed by atoms with Gasteiger partial charge in [0.15, 0.2) is 11.6 Å². The van der Waals surface area contributed by atoms with E-state index in [0.717, 1.165) is 25.2 Å². The van der Waals surface area contributed by atoms with Gasteiger partial charge >= 0.3 is 0 Å². The lowest BCUT2D eigenvalue weighted by Crippen LogP contribution is -2.47. The summed E-state index contributed by atoms with van der Waals surface area (Å²) < 4.78 is 33.9. The lowest BCUT2D eigenvalue weighted by Gasteiger charge is -2.33. The van der Waals surface area contributed by atoms with Crippen molar-refractivity contribution >= 4 is 17.5 Å². The number of aromatic nitrogens is 3. The second-order valence-corrected chi connectivity index (χ2v) is 8.16. The summed E-state index contributed by atoms with van der Waals surface area (Å²) in [6, 6.07) is 7.47. The minimum atomic E-state index is -0.639. The van der Waals surface area contributed by atoms with E-state index in [1.54, 1.807) is 17.0 Å². The van der Waals surface area contributed by atoms with Gasteiger partial charge in [-0.15, -0.1) is 0 Å². The number of rotatable bonds is 4. The van der Waals surface area contributed by atoms with Crippen LogP contribution in [-0.2, 0) is 0 Å². The molecule has 0 N–H and O–H groups in total. The first-order chi connectivity index (χ1) is 15.0. The lowest BCUT2D eigenvalue weighted by molar-refractivity contribution is 0.0467. The lowest BCUT2D eigenvalue weighted by atomic mass is 10.0. The van der Waals surface area contributed by atoms with Gasteiger partial charge in [0.2, 0.25) is 5.88 Å². The Labute approximate surface area is 181 Å². The van der Waals surface area contributed by atoms with Gasteiger partial charge in [0, 0.05) is 18.8 Å². The van der Waals surface area contributed by atoms with Gasteiger partial charge < -0.3 is 9.64 Å². The number of carbonyl (C=O) groups is 1. The first kappa shape index (κ1) is 19.8. The third kappa shape index (κ3) is 3.72. The largest absolute Gasteiger partial charge is 0.472 e. The molecule has 2 bridgehead atoms. The monoisotopic (exact) mass is 442 g/mol. The molecule has 3 aromatic rings. The molecule has 0 spiro atoms. The van der Waals surface area contributed by atoms with Crippen LogP contribution in [0.2, 0.25) is 5.02 Å². The number of benzene rings is 1. The zero-order valence-corrected chi connectivity index (χ0v) is 17.0. The maximum absolute atomic E-state index is 14.7. The van der Waals surface area contributed by atoms with Crippen molar-refractivity contribution in [3.8, 4) is 17.3 Å². The van der Waals surface area contributed by atoms with Crippen molar-refractivity contribution in [2.45, 2.75) is 25.0 Å². The van der Waals surface area contributed by atoms with Crippen LogP contribution in [0.5, 0.6) is 5.88 Å². The molecule has 158 valence electrons. The van der Waals surface area contributed by atoms with Crippen molar-refractivity contribution < 1.29 is 18.3 Å². The van der Waals surface area contributed by atoms with Crippen molar-refractivity contribution in [2.24, 2.45) is 5.92 Å². The topological polar surface area (TPSA) is 68.2 Å². The van der Waals surface area contributed by atoms with Crippen LogP contribution in [0.15, 0.2) is 48.9 Å². The number of hydrogen-bond donors (Lipinski definition) is 0. The molecule has 5 rings (SSSR count). The molecular formula is C22H17ClF2N4O2. The number of ether oxygens (including phenoxy) is 1. The van der Waals surface area contributed by atoms with Crippen molar-refractivity contribution in [1.29, 1.82) is 0 Å². The predicted octanol–water partition coefficient (Wildman–Crippen LogP) is 4.15. The van der Waals surface area contributed by atoms with Gasteiger partial charge in [-0.05, 0) is 37.0 Å². The first-order valence-electron chi connectivity index (χ1n) is 9.85. The molecule has 1 amide bonds. The Bertz CT molecular complexity index is 1130. The highest BCUT2D eigenvalue weighted by Gasteiger charge is 2.48. The number of pyridine rings is 1. The molecule has 1 saturated carbocycles. The van der Waals surface area contributed by atoms with E-state index < -0.39 is 11.6 Å². The van der Waals surface area contributed by atoms with E-state index in [1.807, 2.05) is 0 Å².